The molecular weight excluding hydrogens is 799 g/mol. The molecule has 6 N–H and O–H groups in total. The molecular formula is C48H85O12P. The minimum Gasteiger partial charge on any atom is -0.457 e. The summed E-state index contributed by atoms with van der Waals surface area (Å²) < 4.78 is 34.2. The lowest BCUT2D eigenvalue weighted by Crippen LogP contribution is -2.64. The predicted molar refractivity (Wildman–Crippen MR) is 244 cm³/mol. The Bertz CT molecular complexity index is 1240. The molecule has 1 saturated carbocycles. The maximum atomic E-state index is 12.8. The van der Waals surface area contributed by atoms with E-state index in [9.17, 15) is 39.8 Å². The fourth-order valence-electron chi connectivity index (χ4n) is 6.79. The zero-order valence-electron chi connectivity index (χ0n) is 37.7. The fourth-order valence-corrected chi connectivity index (χ4v) is 7.76. The fraction of sp³-hybridized carbons (Fsp3) is 0.771. The van der Waals surface area contributed by atoms with E-state index in [-0.39, 0.29) is 13.0 Å². The molecule has 354 valence electrons. The number of phosphoric acid groups is 1. The van der Waals surface area contributed by atoms with E-state index in [0.29, 0.717) is 13.0 Å². The minimum atomic E-state index is -5.03. The molecule has 0 aromatic rings. The number of phosphoric ester groups is 1. The Morgan fingerprint density at radius 2 is 0.934 bits per heavy atom. The molecule has 6 atom stereocenters. The number of hydrogen-bond donors (Lipinski definition) is 6. The summed E-state index contributed by atoms with van der Waals surface area (Å²) in [5.41, 5.74) is 0. The normalized spacial score (nSPS) is 22.7. The molecule has 0 bridgehead atoms. The van der Waals surface area contributed by atoms with Crippen LogP contribution in [0.3, 0.4) is 0 Å². The molecule has 61 heavy (non-hydrogen) atoms. The minimum absolute atomic E-state index is 0.0918. The van der Waals surface area contributed by atoms with Gasteiger partial charge in [-0.05, 0) is 77.0 Å². The Morgan fingerprint density at radius 1 is 0.525 bits per heavy atom. The van der Waals surface area contributed by atoms with E-state index in [1.54, 1.807) is 0 Å². The molecule has 1 aliphatic rings. The van der Waals surface area contributed by atoms with Gasteiger partial charge in [-0.2, -0.15) is 0 Å². The van der Waals surface area contributed by atoms with Crippen molar-refractivity contribution in [2.24, 2.45) is 0 Å². The SMILES string of the molecule is CCCC/C=C\C/C=C\CCCCCCCCOCC(COP(=O)(O)OC1C(O)C(O)C(O)C(O)C1O)OC(=O)CCCCCCCC/C=C\C/C=C\C/C=C\CCCCC. The van der Waals surface area contributed by atoms with Crippen molar-refractivity contribution in [3.05, 3.63) is 60.8 Å². The van der Waals surface area contributed by atoms with Crippen molar-refractivity contribution in [3.63, 3.8) is 0 Å². The zero-order chi connectivity index (χ0) is 44.8. The molecule has 0 saturated heterocycles. The summed E-state index contributed by atoms with van der Waals surface area (Å²) in [7, 11) is -5.03. The Kier molecular flexibility index (Phi) is 36.0. The van der Waals surface area contributed by atoms with Crippen LogP contribution in [0.2, 0.25) is 0 Å². The predicted octanol–water partition coefficient (Wildman–Crippen LogP) is 9.81. The van der Waals surface area contributed by atoms with Gasteiger partial charge in [0, 0.05) is 13.0 Å². The van der Waals surface area contributed by atoms with Crippen LogP contribution in [0.5, 0.6) is 0 Å². The van der Waals surface area contributed by atoms with E-state index in [4.69, 9.17) is 18.5 Å². The summed E-state index contributed by atoms with van der Waals surface area (Å²) in [5, 5.41) is 50.2. The van der Waals surface area contributed by atoms with Crippen LogP contribution >= 0.6 is 7.82 Å². The quantitative estimate of drug-likeness (QED) is 0.0148. The van der Waals surface area contributed by atoms with E-state index >= 15 is 0 Å². The van der Waals surface area contributed by atoms with Gasteiger partial charge in [-0.3, -0.25) is 13.8 Å². The first-order valence-corrected chi connectivity index (χ1v) is 25.1. The number of aliphatic hydroxyl groups is 5. The maximum Gasteiger partial charge on any atom is 0.472 e. The Balaban J connectivity index is 2.41. The number of ether oxygens (including phenoxy) is 2. The molecule has 13 heteroatoms. The summed E-state index contributed by atoms with van der Waals surface area (Å²) in [6.45, 7) is 4.15. The Labute approximate surface area is 368 Å². The monoisotopic (exact) mass is 885 g/mol. The molecule has 0 aliphatic heterocycles. The number of aliphatic hydroxyl groups excluding tert-OH is 5. The van der Waals surface area contributed by atoms with Crippen LogP contribution in [0.15, 0.2) is 60.8 Å². The van der Waals surface area contributed by atoms with Gasteiger partial charge in [0.15, 0.2) is 0 Å². The molecule has 0 aromatic heterocycles. The number of hydrogen-bond acceptors (Lipinski definition) is 11. The Hall–Kier alpha value is -1.96. The number of unbranched alkanes of at least 4 members (excludes halogenated alkanes) is 17. The van der Waals surface area contributed by atoms with Gasteiger partial charge in [-0.15, -0.1) is 0 Å². The molecule has 0 heterocycles. The second-order valence-corrected chi connectivity index (χ2v) is 17.7. The van der Waals surface area contributed by atoms with Gasteiger partial charge in [0.2, 0.25) is 0 Å². The van der Waals surface area contributed by atoms with Crippen molar-refractivity contribution in [3.8, 4) is 0 Å². The first-order chi connectivity index (χ1) is 29.5. The number of carbonyl (C=O) groups excluding carboxylic acids is 1. The largest absolute Gasteiger partial charge is 0.472 e. The van der Waals surface area contributed by atoms with Crippen molar-refractivity contribution < 1.29 is 58.3 Å². The zero-order valence-corrected chi connectivity index (χ0v) is 38.6. The first-order valence-electron chi connectivity index (χ1n) is 23.6. The van der Waals surface area contributed by atoms with Crippen LogP contribution in [-0.4, -0.2) is 98.9 Å². The standard InChI is InChI=1S/C48H85O12P/c1-3-5-7-9-11-13-15-17-19-20-21-22-23-25-27-29-31-33-35-37-42(49)59-41(40-58-61(55,56)60-48-46(53)44(51)43(50)45(52)47(48)54)39-57-38-36-34-32-30-28-26-24-18-16-14-12-10-8-6-4-2/h10-13,16-19,21-22,41,43-48,50-54H,3-9,14-15,20,23-40H2,1-2H3,(H,55,56)/b12-10-,13-11-,18-16-,19-17-,22-21-. The van der Waals surface area contributed by atoms with Crippen molar-refractivity contribution in [1.82, 2.24) is 0 Å². The van der Waals surface area contributed by atoms with Gasteiger partial charge in [0.1, 0.15) is 42.7 Å². The van der Waals surface area contributed by atoms with Crippen LogP contribution in [-0.2, 0) is 27.9 Å². The molecule has 12 nitrogen and oxygen atoms in total. The highest BCUT2D eigenvalue weighted by Crippen LogP contribution is 2.47. The topological polar surface area (TPSA) is 192 Å². The van der Waals surface area contributed by atoms with Gasteiger partial charge in [0.05, 0.1) is 13.2 Å². The van der Waals surface area contributed by atoms with Crippen LogP contribution in [0.4, 0.5) is 0 Å². The first kappa shape index (κ1) is 57.1. The van der Waals surface area contributed by atoms with Crippen LogP contribution in [0.25, 0.3) is 0 Å². The molecule has 0 amide bonds. The van der Waals surface area contributed by atoms with Crippen molar-refractivity contribution in [1.29, 1.82) is 0 Å². The third-order valence-electron chi connectivity index (χ3n) is 10.6. The highest BCUT2D eigenvalue weighted by atomic mass is 31.2. The van der Waals surface area contributed by atoms with Gasteiger partial charge in [-0.25, -0.2) is 4.57 Å². The van der Waals surface area contributed by atoms with E-state index in [1.807, 2.05) is 0 Å². The number of esters is 1. The van der Waals surface area contributed by atoms with Gasteiger partial charge in [-0.1, -0.05) is 152 Å². The number of allylic oxidation sites excluding steroid dienone is 10. The average molecular weight is 885 g/mol. The highest BCUT2D eigenvalue weighted by Gasteiger charge is 2.51. The van der Waals surface area contributed by atoms with Crippen molar-refractivity contribution in [2.75, 3.05) is 19.8 Å². The van der Waals surface area contributed by atoms with Gasteiger partial charge < -0.3 is 39.9 Å². The van der Waals surface area contributed by atoms with Crippen molar-refractivity contribution in [2.45, 2.75) is 217 Å². The second-order valence-electron chi connectivity index (χ2n) is 16.2. The third kappa shape index (κ3) is 30.7. The number of carbonyl (C=O) groups is 1. The van der Waals surface area contributed by atoms with Crippen LogP contribution in [0, 0.1) is 0 Å². The van der Waals surface area contributed by atoms with E-state index in [1.165, 1.54) is 38.5 Å². The average Bonchev–Trinajstić information content (AvgIpc) is 3.24. The smallest absolute Gasteiger partial charge is 0.457 e. The molecule has 0 radical (unpaired) electrons. The maximum absolute atomic E-state index is 12.8. The van der Waals surface area contributed by atoms with E-state index < -0.39 is 63.1 Å². The summed E-state index contributed by atoms with van der Waals surface area (Å²) in [6, 6.07) is 0. The van der Waals surface area contributed by atoms with Crippen LogP contribution in [0.1, 0.15) is 174 Å². The molecule has 1 rings (SSSR count). The molecule has 1 aliphatic carbocycles. The summed E-state index contributed by atoms with van der Waals surface area (Å²) in [6.07, 6.45) is 35.6. The van der Waals surface area contributed by atoms with Gasteiger partial charge >= 0.3 is 13.8 Å². The molecule has 0 spiro atoms. The van der Waals surface area contributed by atoms with Crippen LogP contribution < -0.4 is 0 Å². The second kappa shape index (κ2) is 38.5. The lowest BCUT2D eigenvalue weighted by molar-refractivity contribution is -0.220. The van der Waals surface area contributed by atoms with E-state index in [2.05, 4.69) is 74.6 Å². The molecule has 0 aromatic carbocycles. The summed E-state index contributed by atoms with van der Waals surface area (Å²) in [4.78, 5) is 23.2. The molecule has 1 fully saturated rings. The van der Waals surface area contributed by atoms with Crippen molar-refractivity contribution >= 4 is 13.8 Å². The highest BCUT2D eigenvalue weighted by molar-refractivity contribution is 7.47. The Morgan fingerprint density at radius 3 is 1.44 bits per heavy atom. The molecule has 6 unspecified atom stereocenters. The lowest BCUT2D eigenvalue weighted by atomic mass is 9.85. The third-order valence-corrected chi connectivity index (χ3v) is 11.6. The van der Waals surface area contributed by atoms with Gasteiger partial charge in [0.25, 0.3) is 0 Å². The number of rotatable bonds is 39. The summed E-state index contributed by atoms with van der Waals surface area (Å²) in [5.74, 6) is -0.496. The lowest BCUT2D eigenvalue weighted by Gasteiger charge is -2.41. The summed E-state index contributed by atoms with van der Waals surface area (Å²) >= 11 is 0. The van der Waals surface area contributed by atoms with E-state index in [0.717, 1.165) is 109 Å².